The Morgan fingerprint density at radius 3 is 2.40 bits per heavy atom. The number of halogens is 3. The van der Waals surface area contributed by atoms with Gasteiger partial charge in [0.15, 0.2) is 5.96 Å². The maximum absolute atomic E-state index is 13.6. The minimum absolute atomic E-state index is 0. The number of aliphatic imine (C=N–C) groups is 1. The summed E-state index contributed by atoms with van der Waals surface area (Å²) >= 11 is 0. The van der Waals surface area contributed by atoms with E-state index in [1.54, 1.807) is 37.4 Å². The van der Waals surface area contributed by atoms with Crippen LogP contribution in [0, 0.1) is 11.6 Å². The van der Waals surface area contributed by atoms with Crippen LogP contribution < -0.4 is 15.4 Å². The van der Waals surface area contributed by atoms with E-state index in [1.165, 1.54) is 18.2 Å². The van der Waals surface area contributed by atoms with Crippen molar-refractivity contribution in [1.82, 2.24) is 10.6 Å². The van der Waals surface area contributed by atoms with E-state index in [2.05, 4.69) is 15.6 Å². The molecule has 136 valence electrons. The predicted octanol–water partition coefficient (Wildman–Crippen LogP) is 3.72. The Morgan fingerprint density at radius 1 is 1.08 bits per heavy atom. The summed E-state index contributed by atoms with van der Waals surface area (Å²) in [6, 6.07) is 12.4. The van der Waals surface area contributed by atoms with Gasteiger partial charge in [0.05, 0.1) is 6.54 Å². The Labute approximate surface area is 163 Å². The molecule has 2 aromatic rings. The molecule has 2 N–H and O–H groups in total. The van der Waals surface area contributed by atoms with E-state index < -0.39 is 0 Å². The number of nitrogens with one attached hydrogen (secondary N) is 2. The van der Waals surface area contributed by atoms with Crippen molar-refractivity contribution >= 4 is 29.9 Å². The maximum atomic E-state index is 13.6. The van der Waals surface area contributed by atoms with Crippen molar-refractivity contribution in [2.45, 2.75) is 19.6 Å². The van der Waals surface area contributed by atoms with Gasteiger partial charge in [-0.3, -0.25) is 4.99 Å². The molecule has 0 bridgehead atoms. The summed E-state index contributed by atoms with van der Waals surface area (Å²) in [5, 5.41) is 6.15. The molecular weight excluding hydrogens is 439 g/mol. The molecule has 25 heavy (non-hydrogen) atoms. The average Bonchev–Trinajstić information content (AvgIpc) is 2.58. The van der Waals surface area contributed by atoms with Crippen molar-refractivity contribution in [3.05, 3.63) is 65.7 Å². The third kappa shape index (κ3) is 7.25. The van der Waals surface area contributed by atoms with Crippen LogP contribution in [0.2, 0.25) is 0 Å². The molecular formula is C18H22F2IN3O. The molecule has 2 aromatic carbocycles. The third-order valence-corrected chi connectivity index (χ3v) is 3.34. The molecule has 0 heterocycles. The zero-order valence-corrected chi connectivity index (χ0v) is 16.5. The molecule has 0 aliphatic rings. The summed E-state index contributed by atoms with van der Waals surface area (Å²) in [6.45, 7) is 2.72. The lowest BCUT2D eigenvalue weighted by Gasteiger charge is -2.18. The van der Waals surface area contributed by atoms with Gasteiger partial charge in [0.25, 0.3) is 0 Å². The van der Waals surface area contributed by atoms with Crippen LogP contribution in [0.15, 0.2) is 53.5 Å². The largest absolute Gasteiger partial charge is 0.489 e. The van der Waals surface area contributed by atoms with Crippen LogP contribution in [-0.2, 0) is 6.54 Å². The van der Waals surface area contributed by atoms with Crippen molar-refractivity contribution in [3.63, 3.8) is 0 Å². The number of hydrogen-bond acceptors (Lipinski definition) is 2. The summed E-state index contributed by atoms with van der Waals surface area (Å²) in [7, 11) is 1.64. The van der Waals surface area contributed by atoms with Gasteiger partial charge in [-0.05, 0) is 37.3 Å². The van der Waals surface area contributed by atoms with Crippen LogP contribution in [0.25, 0.3) is 0 Å². The van der Waals surface area contributed by atoms with E-state index in [0.717, 1.165) is 0 Å². The second kappa shape index (κ2) is 10.9. The van der Waals surface area contributed by atoms with Crippen molar-refractivity contribution in [3.8, 4) is 5.75 Å². The van der Waals surface area contributed by atoms with E-state index >= 15 is 0 Å². The molecule has 0 spiro atoms. The van der Waals surface area contributed by atoms with Crippen molar-refractivity contribution in [2.75, 3.05) is 13.6 Å². The first-order valence-corrected chi connectivity index (χ1v) is 7.68. The highest BCUT2D eigenvalue weighted by atomic mass is 127. The zero-order chi connectivity index (χ0) is 17.4. The molecule has 4 nitrogen and oxygen atoms in total. The van der Waals surface area contributed by atoms with Crippen LogP contribution in [-0.4, -0.2) is 25.7 Å². The van der Waals surface area contributed by atoms with E-state index in [1.807, 2.05) is 6.92 Å². The number of ether oxygens (including phenoxy) is 1. The van der Waals surface area contributed by atoms with Crippen LogP contribution >= 0.6 is 24.0 Å². The lowest BCUT2D eigenvalue weighted by Crippen LogP contribution is -2.41. The quantitative estimate of drug-likeness (QED) is 0.392. The number of nitrogens with zero attached hydrogens (tertiary/aromatic N) is 1. The van der Waals surface area contributed by atoms with E-state index in [-0.39, 0.29) is 41.7 Å². The first kappa shape index (κ1) is 21.1. The fourth-order valence-corrected chi connectivity index (χ4v) is 2.07. The van der Waals surface area contributed by atoms with Crippen molar-refractivity contribution in [2.24, 2.45) is 4.99 Å². The van der Waals surface area contributed by atoms with E-state index in [0.29, 0.717) is 30.4 Å². The monoisotopic (exact) mass is 461 g/mol. The van der Waals surface area contributed by atoms with Crippen LogP contribution in [0.4, 0.5) is 8.78 Å². The standard InChI is InChI=1S/C18H21F2N3O.HI/c1-13(24-16-9-7-15(19)8-10-16)11-22-18(21-2)23-12-14-5-3-4-6-17(14)20;/h3-10,13H,11-12H2,1-2H3,(H2,21,22,23);1H. The molecule has 1 unspecified atom stereocenters. The highest BCUT2D eigenvalue weighted by Crippen LogP contribution is 2.12. The van der Waals surface area contributed by atoms with Gasteiger partial charge in [0, 0.05) is 19.2 Å². The Kier molecular flexibility index (Phi) is 9.18. The number of benzene rings is 2. The predicted molar refractivity (Wildman–Crippen MR) is 107 cm³/mol. The van der Waals surface area contributed by atoms with E-state index in [4.69, 9.17) is 4.74 Å². The molecule has 0 saturated heterocycles. The molecule has 1 atom stereocenters. The van der Waals surface area contributed by atoms with Crippen molar-refractivity contribution < 1.29 is 13.5 Å². The molecule has 0 aliphatic heterocycles. The number of rotatable bonds is 6. The maximum Gasteiger partial charge on any atom is 0.191 e. The van der Waals surface area contributed by atoms with Gasteiger partial charge in [-0.25, -0.2) is 8.78 Å². The lowest BCUT2D eigenvalue weighted by atomic mass is 10.2. The van der Waals surface area contributed by atoms with E-state index in [9.17, 15) is 8.78 Å². The Balaban J connectivity index is 0.00000312. The minimum atomic E-state index is -0.300. The molecule has 2 rings (SSSR count). The van der Waals surface area contributed by atoms with Gasteiger partial charge >= 0.3 is 0 Å². The molecule has 0 fully saturated rings. The molecule has 0 aliphatic carbocycles. The second-order valence-corrected chi connectivity index (χ2v) is 5.28. The average molecular weight is 461 g/mol. The summed E-state index contributed by atoms with van der Waals surface area (Å²) in [4.78, 5) is 4.09. The van der Waals surface area contributed by atoms with Gasteiger partial charge in [-0.2, -0.15) is 0 Å². The van der Waals surface area contributed by atoms with Gasteiger partial charge in [0.1, 0.15) is 23.5 Å². The summed E-state index contributed by atoms with van der Waals surface area (Å²) in [5.41, 5.74) is 0.566. The fourth-order valence-electron chi connectivity index (χ4n) is 2.07. The van der Waals surface area contributed by atoms with Crippen molar-refractivity contribution in [1.29, 1.82) is 0 Å². The first-order valence-electron chi connectivity index (χ1n) is 7.68. The van der Waals surface area contributed by atoms with Gasteiger partial charge in [-0.1, -0.05) is 18.2 Å². The van der Waals surface area contributed by atoms with Gasteiger partial charge < -0.3 is 15.4 Å². The normalized spacial score (nSPS) is 12.1. The molecule has 7 heteroatoms. The number of hydrogen-bond donors (Lipinski definition) is 2. The minimum Gasteiger partial charge on any atom is -0.489 e. The Bertz CT molecular complexity index is 680. The summed E-state index contributed by atoms with van der Waals surface area (Å²) in [6.07, 6.45) is -0.150. The Morgan fingerprint density at radius 2 is 1.76 bits per heavy atom. The smallest absolute Gasteiger partial charge is 0.191 e. The van der Waals surface area contributed by atoms with Crippen LogP contribution in [0.3, 0.4) is 0 Å². The van der Waals surface area contributed by atoms with Crippen LogP contribution in [0.1, 0.15) is 12.5 Å². The zero-order valence-electron chi connectivity index (χ0n) is 14.1. The molecule has 0 aromatic heterocycles. The topological polar surface area (TPSA) is 45.7 Å². The first-order chi connectivity index (χ1) is 11.6. The summed E-state index contributed by atoms with van der Waals surface area (Å²) in [5.74, 6) is 0.590. The molecule has 0 amide bonds. The van der Waals surface area contributed by atoms with Gasteiger partial charge in [-0.15, -0.1) is 24.0 Å². The SMILES string of the molecule is CN=C(NCc1ccccc1F)NCC(C)Oc1ccc(F)cc1.I. The second-order valence-electron chi connectivity index (χ2n) is 5.28. The Hall–Kier alpha value is -1.90. The van der Waals surface area contributed by atoms with Crippen LogP contribution in [0.5, 0.6) is 5.75 Å². The fraction of sp³-hybridized carbons (Fsp3) is 0.278. The third-order valence-electron chi connectivity index (χ3n) is 3.34. The van der Waals surface area contributed by atoms with Gasteiger partial charge in [0.2, 0.25) is 0 Å². The number of guanidine groups is 1. The molecule has 0 saturated carbocycles. The highest BCUT2D eigenvalue weighted by molar-refractivity contribution is 14.0. The lowest BCUT2D eigenvalue weighted by molar-refractivity contribution is 0.223. The highest BCUT2D eigenvalue weighted by Gasteiger charge is 2.07. The summed E-state index contributed by atoms with van der Waals surface area (Å²) < 4.78 is 32.1. The molecule has 0 radical (unpaired) electrons.